The van der Waals surface area contributed by atoms with Crippen molar-refractivity contribution in [3.05, 3.63) is 35.6 Å². The second kappa shape index (κ2) is 8.24. The van der Waals surface area contributed by atoms with Gasteiger partial charge in [0.2, 0.25) is 5.91 Å². The third-order valence-electron chi connectivity index (χ3n) is 4.62. The largest absolute Gasteiger partial charge is 0.479 e. The van der Waals surface area contributed by atoms with Crippen LogP contribution < -0.4 is 5.32 Å². The van der Waals surface area contributed by atoms with Crippen molar-refractivity contribution in [1.82, 2.24) is 10.2 Å². The topological polar surface area (TPSA) is 69.6 Å². The molecule has 0 aromatic heterocycles. The molecule has 5 nitrogen and oxygen atoms in total. The molecular formula is C18H25FN2O3. The van der Waals surface area contributed by atoms with E-state index in [1.54, 1.807) is 6.07 Å². The van der Waals surface area contributed by atoms with E-state index in [9.17, 15) is 19.1 Å². The van der Waals surface area contributed by atoms with Crippen LogP contribution >= 0.6 is 0 Å². The molecule has 2 N–H and O–H groups in total. The molecule has 1 heterocycles. The highest BCUT2D eigenvalue weighted by Crippen LogP contribution is 2.23. The van der Waals surface area contributed by atoms with Gasteiger partial charge in [-0.3, -0.25) is 4.79 Å². The molecular weight excluding hydrogens is 311 g/mol. The lowest BCUT2D eigenvalue weighted by molar-refractivity contribution is -0.142. The Labute approximate surface area is 141 Å². The summed E-state index contributed by atoms with van der Waals surface area (Å²) in [5, 5.41) is 11.8. The molecule has 1 aromatic rings. The van der Waals surface area contributed by atoms with E-state index in [-0.39, 0.29) is 23.8 Å². The van der Waals surface area contributed by atoms with Crippen LogP contribution in [0.4, 0.5) is 4.39 Å². The molecule has 2 rings (SSSR count). The Morgan fingerprint density at radius 2 is 1.92 bits per heavy atom. The van der Waals surface area contributed by atoms with Gasteiger partial charge in [0.15, 0.2) is 6.04 Å². The van der Waals surface area contributed by atoms with Crippen molar-refractivity contribution in [2.24, 2.45) is 5.92 Å². The smallest absolute Gasteiger partial charge is 0.331 e. The van der Waals surface area contributed by atoms with Gasteiger partial charge in [0.05, 0.1) is 0 Å². The second-order valence-electron chi connectivity index (χ2n) is 6.64. The first kappa shape index (κ1) is 18.4. The number of rotatable bonds is 6. The maximum absolute atomic E-state index is 13.8. The van der Waals surface area contributed by atoms with Gasteiger partial charge in [-0.2, -0.15) is 0 Å². The molecule has 6 heteroatoms. The lowest BCUT2D eigenvalue weighted by Crippen LogP contribution is -2.40. The van der Waals surface area contributed by atoms with E-state index < -0.39 is 17.8 Å². The van der Waals surface area contributed by atoms with Gasteiger partial charge in [0, 0.05) is 18.0 Å². The molecule has 1 aromatic carbocycles. The van der Waals surface area contributed by atoms with Crippen LogP contribution in [0.15, 0.2) is 24.3 Å². The van der Waals surface area contributed by atoms with Crippen molar-refractivity contribution in [2.75, 3.05) is 13.1 Å². The van der Waals surface area contributed by atoms with Gasteiger partial charge in [0.1, 0.15) is 5.82 Å². The lowest BCUT2D eigenvalue weighted by atomic mass is 9.92. The summed E-state index contributed by atoms with van der Waals surface area (Å²) in [6.45, 7) is 6.20. The summed E-state index contributed by atoms with van der Waals surface area (Å²) in [6, 6.07) is 4.77. The Bertz CT molecular complexity index is 583. The highest BCUT2D eigenvalue weighted by molar-refractivity contribution is 5.84. The number of likely N-dealkylation sites (tertiary alicyclic amines) is 1. The van der Waals surface area contributed by atoms with E-state index >= 15 is 0 Å². The zero-order chi connectivity index (χ0) is 17.7. The quantitative estimate of drug-likeness (QED) is 0.838. The van der Waals surface area contributed by atoms with Crippen LogP contribution in [0.25, 0.3) is 0 Å². The van der Waals surface area contributed by atoms with Gasteiger partial charge in [-0.1, -0.05) is 18.2 Å². The molecule has 132 valence electrons. The van der Waals surface area contributed by atoms with Crippen LogP contribution in [0.2, 0.25) is 0 Å². The maximum Gasteiger partial charge on any atom is 0.331 e. The van der Waals surface area contributed by atoms with Crippen LogP contribution in [-0.4, -0.2) is 41.0 Å². The summed E-state index contributed by atoms with van der Waals surface area (Å²) in [7, 11) is 0. The summed E-state index contributed by atoms with van der Waals surface area (Å²) >= 11 is 0. The average Bonchev–Trinajstić information content (AvgIpc) is 2.53. The predicted octanol–water partition coefficient (Wildman–Crippen LogP) is 2.58. The second-order valence-corrected chi connectivity index (χ2v) is 6.64. The zero-order valence-electron chi connectivity index (χ0n) is 14.2. The Balaban J connectivity index is 1.93. The number of carboxylic acid groups (broad SMARTS) is 1. The van der Waals surface area contributed by atoms with Gasteiger partial charge in [-0.05, 0) is 51.8 Å². The summed E-state index contributed by atoms with van der Waals surface area (Å²) in [5.74, 6) is -1.98. The number of carbonyl (C=O) groups is 2. The fourth-order valence-electron chi connectivity index (χ4n) is 3.14. The minimum Gasteiger partial charge on any atom is -0.479 e. The van der Waals surface area contributed by atoms with Crippen LogP contribution in [-0.2, 0) is 9.59 Å². The van der Waals surface area contributed by atoms with Crippen molar-refractivity contribution >= 4 is 11.9 Å². The monoisotopic (exact) mass is 336 g/mol. The van der Waals surface area contributed by atoms with Gasteiger partial charge >= 0.3 is 5.97 Å². The number of piperidine rings is 1. The van der Waals surface area contributed by atoms with Crippen LogP contribution in [0.3, 0.4) is 0 Å². The molecule has 1 fully saturated rings. The van der Waals surface area contributed by atoms with E-state index in [1.165, 1.54) is 18.2 Å². The number of nitrogens with zero attached hydrogens (tertiary/aromatic N) is 1. The van der Waals surface area contributed by atoms with Crippen molar-refractivity contribution in [2.45, 2.75) is 45.2 Å². The van der Waals surface area contributed by atoms with E-state index in [4.69, 9.17) is 0 Å². The van der Waals surface area contributed by atoms with Crippen LogP contribution in [0, 0.1) is 11.7 Å². The number of hydrogen-bond acceptors (Lipinski definition) is 3. The Hall–Kier alpha value is -1.95. The number of hydrogen-bond donors (Lipinski definition) is 2. The van der Waals surface area contributed by atoms with E-state index in [2.05, 4.69) is 24.1 Å². The van der Waals surface area contributed by atoms with Gasteiger partial charge < -0.3 is 15.3 Å². The molecule has 1 amide bonds. The summed E-state index contributed by atoms with van der Waals surface area (Å²) in [5.41, 5.74) is -0.0204. The van der Waals surface area contributed by atoms with Crippen molar-refractivity contribution in [3.8, 4) is 0 Å². The molecule has 1 unspecified atom stereocenters. The lowest BCUT2D eigenvalue weighted by Gasteiger charge is -2.34. The third kappa shape index (κ3) is 4.77. The predicted molar refractivity (Wildman–Crippen MR) is 89.0 cm³/mol. The van der Waals surface area contributed by atoms with Crippen LogP contribution in [0.1, 0.15) is 44.7 Å². The molecule has 24 heavy (non-hydrogen) atoms. The van der Waals surface area contributed by atoms with E-state index in [0.29, 0.717) is 6.04 Å². The summed E-state index contributed by atoms with van der Waals surface area (Å²) in [4.78, 5) is 26.0. The highest BCUT2D eigenvalue weighted by Gasteiger charge is 2.27. The van der Waals surface area contributed by atoms with Gasteiger partial charge in [-0.15, -0.1) is 0 Å². The van der Waals surface area contributed by atoms with Crippen molar-refractivity contribution in [1.29, 1.82) is 0 Å². The number of benzene rings is 1. The van der Waals surface area contributed by atoms with Crippen molar-refractivity contribution < 1.29 is 19.1 Å². The number of aliphatic carboxylic acids is 1. The summed E-state index contributed by atoms with van der Waals surface area (Å²) < 4.78 is 13.8. The molecule has 1 aliphatic rings. The first-order valence-electron chi connectivity index (χ1n) is 8.39. The Morgan fingerprint density at radius 1 is 1.29 bits per heavy atom. The normalized spacial score (nSPS) is 17.7. The van der Waals surface area contributed by atoms with Crippen LogP contribution in [0.5, 0.6) is 0 Å². The van der Waals surface area contributed by atoms with E-state index in [0.717, 1.165) is 25.9 Å². The zero-order valence-corrected chi connectivity index (χ0v) is 14.2. The minimum atomic E-state index is -1.35. The van der Waals surface area contributed by atoms with E-state index in [1.807, 2.05) is 0 Å². The molecule has 1 aliphatic heterocycles. The number of amides is 1. The molecule has 0 radical (unpaired) electrons. The van der Waals surface area contributed by atoms with Crippen molar-refractivity contribution in [3.63, 3.8) is 0 Å². The first-order valence-corrected chi connectivity index (χ1v) is 8.39. The summed E-state index contributed by atoms with van der Waals surface area (Å²) in [6.07, 6.45) is 2.12. The molecule has 0 saturated carbocycles. The molecule has 0 spiro atoms. The molecule has 1 atom stereocenters. The Morgan fingerprint density at radius 3 is 2.46 bits per heavy atom. The average molecular weight is 336 g/mol. The fraction of sp³-hybridized carbons (Fsp3) is 0.556. The number of carbonyl (C=O) groups excluding carboxylic acids is 1. The highest BCUT2D eigenvalue weighted by atomic mass is 19.1. The van der Waals surface area contributed by atoms with Gasteiger partial charge in [0.25, 0.3) is 0 Å². The molecule has 0 bridgehead atoms. The third-order valence-corrected chi connectivity index (χ3v) is 4.62. The first-order chi connectivity index (χ1) is 11.4. The number of halogens is 1. The Kier molecular flexibility index (Phi) is 6.31. The standard InChI is InChI=1S/C18H25FN2O3/c1-12(2)21-9-7-13(8-10-21)11-16(22)20-17(18(23)24)14-5-3-4-6-15(14)19/h3-6,12-13,17H,7-11H2,1-2H3,(H,20,22)(H,23,24). The number of nitrogens with one attached hydrogen (secondary N) is 1. The molecule has 0 aliphatic carbocycles. The molecule has 1 saturated heterocycles. The maximum atomic E-state index is 13.8. The number of carboxylic acids is 1. The minimum absolute atomic E-state index is 0.0204. The van der Waals surface area contributed by atoms with Gasteiger partial charge in [-0.25, -0.2) is 9.18 Å². The SMILES string of the molecule is CC(C)N1CCC(CC(=O)NC(C(=O)O)c2ccccc2F)CC1. The fourth-order valence-corrected chi connectivity index (χ4v) is 3.14.